The Labute approximate surface area is 130 Å². The normalized spacial score (nSPS) is 15.6. The van der Waals surface area contributed by atoms with E-state index in [1.165, 1.54) is 12.1 Å². The standard InChI is InChI=1S/C16H22FN3O2/c1-13(21)20-10-8-19(9-11-20)12-16(22)18-7-6-14-2-4-15(17)5-3-14/h2-5H,6-12H2,1H3,(H,18,22). The minimum absolute atomic E-state index is 0.0154. The molecule has 1 aromatic rings. The summed E-state index contributed by atoms with van der Waals surface area (Å²) in [6.45, 7) is 5.27. The zero-order valence-corrected chi connectivity index (χ0v) is 12.8. The van der Waals surface area contributed by atoms with Crippen LogP contribution in [0.1, 0.15) is 12.5 Å². The van der Waals surface area contributed by atoms with Crippen LogP contribution in [0.25, 0.3) is 0 Å². The number of benzene rings is 1. The zero-order chi connectivity index (χ0) is 15.9. The first-order valence-corrected chi connectivity index (χ1v) is 7.53. The van der Waals surface area contributed by atoms with Gasteiger partial charge in [-0.25, -0.2) is 4.39 Å². The second-order valence-electron chi connectivity index (χ2n) is 5.51. The van der Waals surface area contributed by atoms with Crippen LogP contribution in [0.3, 0.4) is 0 Å². The lowest BCUT2D eigenvalue weighted by Gasteiger charge is -2.33. The Kier molecular flexibility index (Phi) is 5.89. The van der Waals surface area contributed by atoms with E-state index in [1.54, 1.807) is 24.0 Å². The number of piperazine rings is 1. The van der Waals surface area contributed by atoms with Gasteiger partial charge in [0, 0.05) is 39.6 Å². The topological polar surface area (TPSA) is 52.7 Å². The zero-order valence-electron chi connectivity index (χ0n) is 12.8. The Morgan fingerprint density at radius 1 is 1.14 bits per heavy atom. The quantitative estimate of drug-likeness (QED) is 0.869. The Balaban J connectivity index is 1.64. The lowest BCUT2D eigenvalue weighted by Crippen LogP contribution is -2.50. The molecule has 2 rings (SSSR count). The van der Waals surface area contributed by atoms with Crippen LogP contribution in [0.15, 0.2) is 24.3 Å². The Bertz CT molecular complexity index is 511. The van der Waals surface area contributed by atoms with Gasteiger partial charge in [0.1, 0.15) is 5.82 Å². The summed E-state index contributed by atoms with van der Waals surface area (Å²) in [5.41, 5.74) is 0.997. The van der Waals surface area contributed by atoms with Gasteiger partial charge in [-0.05, 0) is 24.1 Å². The van der Waals surface area contributed by atoms with Gasteiger partial charge in [-0.3, -0.25) is 14.5 Å². The van der Waals surface area contributed by atoms with Crippen LogP contribution in [0.5, 0.6) is 0 Å². The van der Waals surface area contributed by atoms with Gasteiger partial charge < -0.3 is 10.2 Å². The Morgan fingerprint density at radius 3 is 2.36 bits per heavy atom. The largest absolute Gasteiger partial charge is 0.355 e. The SMILES string of the molecule is CC(=O)N1CCN(CC(=O)NCCc2ccc(F)cc2)CC1. The highest BCUT2D eigenvalue weighted by atomic mass is 19.1. The van der Waals surface area contributed by atoms with Crippen molar-refractivity contribution in [2.75, 3.05) is 39.3 Å². The summed E-state index contributed by atoms with van der Waals surface area (Å²) < 4.78 is 12.8. The minimum Gasteiger partial charge on any atom is -0.355 e. The van der Waals surface area contributed by atoms with Gasteiger partial charge in [-0.15, -0.1) is 0 Å². The molecule has 22 heavy (non-hydrogen) atoms. The maximum absolute atomic E-state index is 12.8. The molecule has 0 spiro atoms. The maximum Gasteiger partial charge on any atom is 0.234 e. The lowest BCUT2D eigenvalue weighted by molar-refractivity contribution is -0.131. The first-order valence-electron chi connectivity index (χ1n) is 7.53. The molecule has 0 aliphatic carbocycles. The van der Waals surface area contributed by atoms with Crippen molar-refractivity contribution >= 4 is 11.8 Å². The summed E-state index contributed by atoms with van der Waals surface area (Å²) in [5, 5.41) is 2.87. The minimum atomic E-state index is -0.252. The van der Waals surface area contributed by atoms with Crippen molar-refractivity contribution in [1.29, 1.82) is 0 Å². The van der Waals surface area contributed by atoms with Crippen LogP contribution in [-0.4, -0.2) is 60.9 Å². The van der Waals surface area contributed by atoms with Crippen LogP contribution in [0.4, 0.5) is 4.39 Å². The first kappa shape index (κ1) is 16.4. The average Bonchev–Trinajstić information content (AvgIpc) is 2.50. The molecule has 5 nitrogen and oxygen atoms in total. The fourth-order valence-corrected chi connectivity index (χ4v) is 2.48. The van der Waals surface area contributed by atoms with Gasteiger partial charge in [0.05, 0.1) is 6.54 Å². The van der Waals surface area contributed by atoms with Crippen molar-refractivity contribution in [2.24, 2.45) is 0 Å². The summed E-state index contributed by atoms with van der Waals surface area (Å²) in [6, 6.07) is 6.29. The van der Waals surface area contributed by atoms with E-state index >= 15 is 0 Å². The average molecular weight is 307 g/mol. The number of hydrogen-bond acceptors (Lipinski definition) is 3. The van der Waals surface area contributed by atoms with Crippen LogP contribution >= 0.6 is 0 Å². The third kappa shape index (κ3) is 5.11. The third-order valence-electron chi connectivity index (χ3n) is 3.83. The summed E-state index contributed by atoms with van der Waals surface area (Å²) in [6.07, 6.45) is 0.685. The number of hydrogen-bond donors (Lipinski definition) is 1. The second-order valence-corrected chi connectivity index (χ2v) is 5.51. The molecule has 1 aromatic carbocycles. The predicted octanol–water partition coefficient (Wildman–Crippen LogP) is 0.648. The summed E-state index contributed by atoms with van der Waals surface area (Å²) >= 11 is 0. The van der Waals surface area contributed by atoms with Crippen molar-refractivity contribution in [1.82, 2.24) is 15.1 Å². The fourth-order valence-electron chi connectivity index (χ4n) is 2.48. The molecule has 1 heterocycles. The number of halogens is 1. The molecule has 1 saturated heterocycles. The van der Waals surface area contributed by atoms with Crippen molar-refractivity contribution < 1.29 is 14.0 Å². The molecule has 0 radical (unpaired) electrons. The van der Waals surface area contributed by atoms with E-state index < -0.39 is 0 Å². The van der Waals surface area contributed by atoms with E-state index in [4.69, 9.17) is 0 Å². The van der Waals surface area contributed by atoms with Crippen molar-refractivity contribution in [3.63, 3.8) is 0 Å². The van der Waals surface area contributed by atoms with Crippen molar-refractivity contribution in [3.8, 4) is 0 Å². The molecule has 0 aromatic heterocycles. The molecular formula is C16H22FN3O2. The molecule has 1 fully saturated rings. The molecule has 1 aliphatic rings. The van der Waals surface area contributed by atoms with Gasteiger partial charge >= 0.3 is 0 Å². The molecular weight excluding hydrogens is 285 g/mol. The molecule has 120 valence electrons. The monoisotopic (exact) mass is 307 g/mol. The number of carbonyl (C=O) groups is 2. The summed E-state index contributed by atoms with van der Waals surface area (Å²) in [5.74, 6) is -0.181. The van der Waals surface area contributed by atoms with Crippen molar-refractivity contribution in [2.45, 2.75) is 13.3 Å². The van der Waals surface area contributed by atoms with Crippen LogP contribution in [0, 0.1) is 5.82 Å². The fraction of sp³-hybridized carbons (Fsp3) is 0.500. The number of rotatable bonds is 5. The van der Waals surface area contributed by atoms with E-state index in [0.717, 1.165) is 18.7 Å². The van der Waals surface area contributed by atoms with Crippen LogP contribution in [0.2, 0.25) is 0 Å². The van der Waals surface area contributed by atoms with Gasteiger partial charge in [0.15, 0.2) is 0 Å². The summed E-state index contributed by atoms with van der Waals surface area (Å²) in [4.78, 5) is 26.9. The Morgan fingerprint density at radius 2 is 1.77 bits per heavy atom. The first-order chi connectivity index (χ1) is 10.5. The number of nitrogens with one attached hydrogen (secondary N) is 1. The van der Waals surface area contributed by atoms with Gasteiger partial charge in [-0.1, -0.05) is 12.1 Å². The molecule has 2 amide bonds. The molecule has 0 unspecified atom stereocenters. The predicted molar refractivity (Wildman–Crippen MR) is 81.8 cm³/mol. The molecule has 1 aliphatic heterocycles. The number of nitrogens with zero attached hydrogens (tertiary/aromatic N) is 2. The lowest BCUT2D eigenvalue weighted by atomic mass is 10.1. The summed E-state index contributed by atoms with van der Waals surface area (Å²) in [7, 11) is 0. The number of amides is 2. The van der Waals surface area contributed by atoms with Crippen molar-refractivity contribution in [3.05, 3.63) is 35.6 Å². The van der Waals surface area contributed by atoms with E-state index in [0.29, 0.717) is 32.6 Å². The van der Waals surface area contributed by atoms with Gasteiger partial charge in [0.2, 0.25) is 11.8 Å². The van der Waals surface area contributed by atoms with E-state index in [2.05, 4.69) is 5.32 Å². The van der Waals surface area contributed by atoms with E-state index in [-0.39, 0.29) is 17.6 Å². The third-order valence-corrected chi connectivity index (χ3v) is 3.83. The highest BCUT2D eigenvalue weighted by Crippen LogP contribution is 2.03. The highest BCUT2D eigenvalue weighted by Gasteiger charge is 2.19. The van der Waals surface area contributed by atoms with Crippen LogP contribution < -0.4 is 5.32 Å². The smallest absolute Gasteiger partial charge is 0.234 e. The molecule has 0 saturated carbocycles. The van der Waals surface area contributed by atoms with E-state index in [9.17, 15) is 14.0 Å². The second kappa shape index (κ2) is 7.89. The van der Waals surface area contributed by atoms with E-state index in [1.807, 2.05) is 4.90 Å². The van der Waals surface area contributed by atoms with Crippen LogP contribution in [-0.2, 0) is 16.0 Å². The van der Waals surface area contributed by atoms with Gasteiger partial charge in [-0.2, -0.15) is 0 Å². The number of carbonyl (C=O) groups excluding carboxylic acids is 2. The highest BCUT2D eigenvalue weighted by molar-refractivity contribution is 5.78. The Hall–Kier alpha value is -1.95. The molecule has 1 N–H and O–H groups in total. The van der Waals surface area contributed by atoms with Gasteiger partial charge in [0.25, 0.3) is 0 Å². The molecule has 0 atom stereocenters. The molecule has 0 bridgehead atoms. The maximum atomic E-state index is 12.8. The molecule has 6 heteroatoms.